The summed E-state index contributed by atoms with van der Waals surface area (Å²) in [5, 5.41) is 18.8. The van der Waals surface area contributed by atoms with Gasteiger partial charge in [-0.15, -0.1) is 0 Å². The molecule has 0 spiro atoms. The van der Waals surface area contributed by atoms with E-state index in [2.05, 4.69) is 0 Å². The summed E-state index contributed by atoms with van der Waals surface area (Å²) in [6.45, 7) is 5.09. The van der Waals surface area contributed by atoms with E-state index in [1.165, 1.54) is 11.1 Å². The van der Waals surface area contributed by atoms with Gasteiger partial charge in [0.1, 0.15) is 5.75 Å². The van der Waals surface area contributed by atoms with Gasteiger partial charge in [0.25, 0.3) is 0 Å². The van der Waals surface area contributed by atoms with Crippen molar-refractivity contribution in [2.24, 2.45) is 0 Å². The van der Waals surface area contributed by atoms with Crippen molar-refractivity contribution in [2.75, 3.05) is 19.7 Å². The van der Waals surface area contributed by atoms with Crippen LogP contribution in [0, 0.1) is 13.8 Å². The van der Waals surface area contributed by atoms with Gasteiger partial charge in [0, 0.05) is 32.4 Å². The highest BCUT2D eigenvalue weighted by atomic mass is 16.5. The number of aliphatic carboxylic acids is 1. The predicted molar refractivity (Wildman–Crippen MR) is 89.0 cm³/mol. The maximum Gasteiger partial charge on any atom is 0.335 e. The third-order valence-electron chi connectivity index (χ3n) is 4.62. The first kappa shape index (κ1) is 18.3. The predicted octanol–water partition coefficient (Wildman–Crippen LogP) is 1.90. The van der Waals surface area contributed by atoms with Crippen LogP contribution in [-0.2, 0) is 9.59 Å². The molecule has 1 aromatic rings. The Morgan fingerprint density at radius 2 is 1.88 bits per heavy atom. The molecular formula is C18H25NO5. The van der Waals surface area contributed by atoms with Gasteiger partial charge < -0.3 is 19.8 Å². The minimum atomic E-state index is -1.69. The normalized spacial score (nSPS) is 16.7. The van der Waals surface area contributed by atoms with Crippen LogP contribution in [0.2, 0.25) is 0 Å². The summed E-state index contributed by atoms with van der Waals surface area (Å²) in [7, 11) is 0. The van der Waals surface area contributed by atoms with Crippen LogP contribution in [0.25, 0.3) is 0 Å². The molecule has 2 N–H and O–H groups in total. The number of hydrogen-bond acceptors (Lipinski definition) is 4. The number of nitrogens with zero attached hydrogens (tertiary/aromatic N) is 1. The highest BCUT2D eigenvalue weighted by molar-refractivity contribution is 5.79. The number of carbonyl (C=O) groups excluding carboxylic acids is 1. The zero-order valence-electron chi connectivity index (χ0n) is 14.2. The van der Waals surface area contributed by atoms with E-state index in [1.807, 2.05) is 32.0 Å². The minimum absolute atomic E-state index is 0.0221. The smallest absolute Gasteiger partial charge is 0.335 e. The summed E-state index contributed by atoms with van der Waals surface area (Å²) in [5.74, 6) is -0.433. The van der Waals surface area contributed by atoms with Crippen molar-refractivity contribution in [1.29, 1.82) is 0 Å². The summed E-state index contributed by atoms with van der Waals surface area (Å²) >= 11 is 0. The van der Waals surface area contributed by atoms with E-state index in [9.17, 15) is 14.7 Å². The Morgan fingerprint density at radius 3 is 2.46 bits per heavy atom. The second-order valence-corrected chi connectivity index (χ2v) is 6.42. The number of ether oxygens (including phenoxy) is 1. The molecule has 0 saturated carbocycles. The van der Waals surface area contributed by atoms with Crippen LogP contribution in [0.5, 0.6) is 5.75 Å². The van der Waals surface area contributed by atoms with Gasteiger partial charge in [0.05, 0.1) is 6.61 Å². The van der Waals surface area contributed by atoms with Crippen molar-refractivity contribution in [3.8, 4) is 5.75 Å². The zero-order valence-corrected chi connectivity index (χ0v) is 14.2. The molecule has 0 radical (unpaired) electrons. The molecule has 0 atom stereocenters. The van der Waals surface area contributed by atoms with Crippen molar-refractivity contribution in [3.63, 3.8) is 0 Å². The standard InChI is InChI=1S/C18H25NO5/c1-13-5-6-15(12-14(13)2)24-11-3-4-16(20)19-9-7-18(23,8-10-19)17(21)22/h5-6,12,23H,3-4,7-11H2,1-2H3,(H,21,22). The third-order valence-corrected chi connectivity index (χ3v) is 4.62. The fraction of sp³-hybridized carbons (Fsp3) is 0.556. The minimum Gasteiger partial charge on any atom is -0.494 e. The van der Waals surface area contributed by atoms with Crippen molar-refractivity contribution in [1.82, 2.24) is 4.90 Å². The van der Waals surface area contributed by atoms with Crippen molar-refractivity contribution < 1.29 is 24.5 Å². The number of carboxylic acids is 1. The van der Waals surface area contributed by atoms with Gasteiger partial charge in [-0.25, -0.2) is 4.79 Å². The van der Waals surface area contributed by atoms with Crippen LogP contribution in [0.3, 0.4) is 0 Å². The van der Waals surface area contributed by atoms with Crippen LogP contribution >= 0.6 is 0 Å². The maximum absolute atomic E-state index is 12.1. The van der Waals surface area contributed by atoms with Crippen LogP contribution in [-0.4, -0.2) is 52.3 Å². The molecule has 0 unspecified atom stereocenters. The Balaban J connectivity index is 1.70. The number of piperidine rings is 1. The Labute approximate surface area is 142 Å². The molecule has 1 aliphatic rings. The Bertz CT molecular complexity index is 605. The van der Waals surface area contributed by atoms with Crippen LogP contribution in [0.1, 0.15) is 36.8 Å². The molecule has 1 aromatic carbocycles. The molecular weight excluding hydrogens is 310 g/mol. The molecule has 1 saturated heterocycles. The maximum atomic E-state index is 12.1. The van der Waals surface area contributed by atoms with E-state index in [4.69, 9.17) is 9.84 Å². The van der Waals surface area contributed by atoms with E-state index in [-0.39, 0.29) is 31.8 Å². The molecule has 1 fully saturated rings. The summed E-state index contributed by atoms with van der Waals surface area (Å²) in [4.78, 5) is 24.7. The number of carboxylic acid groups (broad SMARTS) is 1. The lowest BCUT2D eigenvalue weighted by Gasteiger charge is -2.35. The summed E-state index contributed by atoms with van der Waals surface area (Å²) in [6, 6.07) is 5.91. The fourth-order valence-electron chi connectivity index (χ4n) is 2.72. The zero-order chi connectivity index (χ0) is 17.7. The Kier molecular flexibility index (Phi) is 5.83. The Morgan fingerprint density at radius 1 is 1.21 bits per heavy atom. The van der Waals surface area contributed by atoms with E-state index in [0.29, 0.717) is 19.4 Å². The molecule has 1 amide bonds. The topological polar surface area (TPSA) is 87.1 Å². The van der Waals surface area contributed by atoms with Gasteiger partial charge >= 0.3 is 5.97 Å². The number of aryl methyl sites for hydroxylation is 2. The van der Waals surface area contributed by atoms with Gasteiger partial charge in [0.15, 0.2) is 5.60 Å². The van der Waals surface area contributed by atoms with Gasteiger partial charge in [-0.05, 0) is 43.5 Å². The summed E-state index contributed by atoms with van der Waals surface area (Å²) < 4.78 is 5.66. The highest BCUT2D eigenvalue weighted by Crippen LogP contribution is 2.23. The lowest BCUT2D eigenvalue weighted by molar-refractivity contribution is -0.165. The molecule has 2 rings (SSSR count). The highest BCUT2D eigenvalue weighted by Gasteiger charge is 2.40. The summed E-state index contributed by atoms with van der Waals surface area (Å²) in [6.07, 6.45) is 1.11. The Hall–Kier alpha value is -2.08. The second-order valence-electron chi connectivity index (χ2n) is 6.42. The van der Waals surface area contributed by atoms with Crippen molar-refractivity contribution >= 4 is 11.9 Å². The molecule has 1 heterocycles. The van der Waals surface area contributed by atoms with Gasteiger partial charge in [0.2, 0.25) is 5.91 Å². The van der Waals surface area contributed by atoms with E-state index in [1.54, 1.807) is 4.90 Å². The monoisotopic (exact) mass is 335 g/mol. The first-order valence-corrected chi connectivity index (χ1v) is 8.25. The van der Waals surface area contributed by atoms with E-state index >= 15 is 0 Å². The molecule has 6 heteroatoms. The molecule has 24 heavy (non-hydrogen) atoms. The summed E-state index contributed by atoms with van der Waals surface area (Å²) in [5.41, 5.74) is 0.690. The van der Waals surface area contributed by atoms with Crippen LogP contribution in [0.15, 0.2) is 18.2 Å². The van der Waals surface area contributed by atoms with Gasteiger partial charge in [-0.1, -0.05) is 6.07 Å². The second kappa shape index (κ2) is 7.66. The van der Waals surface area contributed by atoms with Gasteiger partial charge in [-0.2, -0.15) is 0 Å². The number of likely N-dealkylation sites (tertiary alicyclic amines) is 1. The first-order valence-electron chi connectivity index (χ1n) is 8.25. The van der Waals surface area contributed by atoms with Crippen LogP contribution < -0.4 is 4.74 Å². The van der Waals surface area contributed by atoms with Crippen LogP contribution in [0.4, 0.5) is 0 Å². The first-order chi connectivity index (χ1) is 11.3. The number of amides is 1. The molecule has 0 aromatic heterocycles. The number of benzene rings is 1. The number of aliphatic hydroxyl groups is 1. The largest absolute Gasteiger partial charge is 0.494 e. The van der Waals surface area contributed by atoms with Gasteiger partial charge in [-0.3, -0.25) is 4.79 Å². The fourth-order valence-corrected chi connectivity index (χ4v) is 2.72. The average molecular weight is 335 g/mol. The molecule has 132 valence electrons. The lowest BCUT2D eigenvalue weighted by Crippen LogP contribution is -2.50. The quantitative estimate of drug-likeness (QED) is 0.775. The number of carbonyl (C=O) groups is 2. The average Bonchev–Trinajstić information content (AvgIpc) is 2.55. The molecule has 6 nitrogen and oxygen atoms in total. The molecule has 1 aliphatic heterocycles. The van der Waals surface area contributed by atoms with Crippen molar-refractivity contribution in [2.45, 2.75) is 45.1 Å². The molecule has 0 aliphatic carbocycles. The van der Waals surface area contributed by atoms with Crippen molar-refractivity contribution in [3.05, 3.63) is 29.3 Å². The number of hydrogen-bond donors (Lipinski definition) is 2. The SMILES string of the molecule is Cc1ccc(OCCCC(=O)N2CCC(O)(C(=O)O)CC2)cc1C. The third kappa shape index (κ3) is 4.47. The lowest BCUT2D eigenvalue weighted by atomic mass is 9.91. The van der Waals surface area contributed by atoms with E-state index < -0.39 is 11.6 Å². The van der Waals surface area contributed by atoms with E-state index in [0.717, 1.165) is 5.75 Å². The number of rotatable bonds is 6. The molecule has 0 bridgehead atoms.